The Labute approximate surface area is 109 Å². The van der Waals surface area contributed by atoms with Gasteiger partial charge >= 0.3 is 0 Å². The lowest BCUT2D eigenvalue weighted by molar-refractivity contribution is 0.355. The van der Waals surface area contributed by atoms with Gasteiger partial charge in [-0.3, -0.25) is 0 Å². The van der Waals surface area contributed by atoms with Crippen LogP contribution in [0.5, 0.6) is 11.5 Å². The molecule has 0 aromatic heterocycles. The average Bonchev–Trinajstić information content (AvgIpc) is 3.20. The molecule has 1 aliphatic rings. The number of benzene rings is 1. The van der Waals surface area contributed by atoms with Crippen LogP contribution in [0.2, 0.25) is 0 Å². The molecule has 4 nitrogen and oxygen atoms in total. The molecule has 1 unspecified atom stereocenters. The van der Waals surface area contributed by atoms with E-state index in [1.165, 1.54) is 12.8 Å². The lowest BCUT2D eigenvalue weighted by Gasteiger charge is -2.29. The highest BCUT2D eigenvalue weighted by atomic mass is 16.5. The average molecular weight is 250 g/mol. The van der Waals surface area contributed by atoms with Crippen LogP contribution < -0.4 is 20.1 Å². The molecule has 0 heterocycles. The van der Waals surface area contributed by atoms with Crippen molar-refractivity contribution in [2.75, 3.05) is 31.9 Å². The predicted molar refractivity (Wildman–Crippen MR) is 74.5 cm³/mol. The summed E-state index contributed by atoms with van der Waals surface area (Å²) in [7, 11) is 5.34. The zero-order valence-electron chi connectivity index (χ0n) is 11.6. The number of nitrogens with zero attached hydrogens (tertiary/aromatic N) is 1. The predicted octanol–water partition coefficient (Wildman–Crippen LogP) is 2.52. The molecule has 18 heavy (non-hydrogen) atoms. The van der Waals surface area contributed by atoms with E-state index in [1.54, 1.807) is 14.2 Å². The number of anilines is 2. The summed E-state index contributed by atoms with van der Waals surface area (Å²) in [6.45, 7) is 2.24. The molecule has 0 amide bonds. The quantitative estimate of drug-likeness (QED) is 0.816. The third kappa shape index (κ3) is 2.33. The molecule has 2 N–H and O–H groups in total. The number of hydrogen-bond donors (Lipinski definition) is 1. The molecule has 0 aliphatic heterocycles. The number of hydrogen-bond acceptors (Lipinski definition) is 4. The Morgan fingerprint density at radius 2 is 1.78 bits per heavy atom. The molecular formula is C14H22N2O2. The molecule has 0 bridgehead atoms. The summed E-state index contributed by atoms with van der Waals surface area (Å²) in [5, 5.41) is 0. The van der Waals surface area contributed by atoms with Crippen LogP contribution in [-0.2, 0) is 0 Å². The minimum atomic E-state index is 0.505. The zero-order valence-corrected chi connectivity index (χ0v) is 11.6. The first-order valence-electron chi connectivity index (χ1n) is 6.32. The van der Waals surface area contributed by atoms with Crippen LogP contribution in [0.4, 0.5) is 11.4 Å². The summed E-state index contributed by atoms with van der Waals surface area (Å²) in [5.74, 6) is 2.19. The number of ether oxygens (including phenoxy) is 2. The van der Waals surface area contributed by atoms with Crippen molar-refractivity contribution in [3.63, 3.8) is 0 Å². The second-order valence-corrected chi connectivity index (χ2v) is 4.95. The Balaban J connectivity index is 2.31. The molecule has 2 rings (SSSR count). The van der Waals surface area contributed by atoms with E-state index in [9.17, 15) is 0 Å². The molecular weight excluding hydrogens is 228 g/mol. The van der Waals surface area contributed by atoms with Crippen LogP contribution in [0, 0.1) is 5.92 Å². The van der Waals surface area contributed by atoms with Crippen LogP contribution >= 0.6 is 0 Å². The maximum Gasteiger partial charge on any atom is 0.162 e. The van der Waals surface area contributed by atoms with Gasteiger partial charge in [0.2, 0.25) is 0 Å². The fourth-order valence-electron chi connectivity index (χ4n) is 2.30. The number of methoxy groups -OCH3 is 2. The van der Waals surface area contributed by atoms with E-state index >= 15 is 0 Å². The van der Waals surface area contributed by atoms with Crippen molar-refractivity contribution in [2.45, 2.75) is 25.8 Å². The van der Waals surface area contributed by atoms with Gasteiger partial charge in [-0.2, -0.15) is 0 Å². The molecule has 1 aromatic carbocycles. The second-order valence-electron chi connectivity index (χ2n) is 4.95. The lowest BCUT2D eigenvalue weighted by Crippen LogP contribution is -2.31. The van der Waals surface area contributed by atoms with E-state index in [2.05, 4.69) is 18.9 Å². The maximum absolute atomic E-state index is 6.10. The number of nitrogens with two attached hydrogens (primary N) is 1. The number of rotatable bonds is 5. The fourth-order valence-corrected chi connectivity index (χ4v) is 2.30. The third-order valence-electron chi connectivity index (χ3n) is 3.83. The van der Waals surface area contributed by atoms with E-state index in [0.29, 0.717) is 11.8 Å². The van der Waals surface area contributed by atoms with Crippen LogP contribution in [0.3, 0.4) is 0 Å². The minimum Gasteiger partial charge on any atom is -0.493 e. The molecule has 1 saturated carbocycles. The first kappa shape index (κ1) is 12.9. The summed E-state index contributed by atoms with van der Waals surface area (Å²) >= 11 is 0. The van der Waals surface area contributed by atoms with Gasteiger partial charge in [-0.1, -0.05) is 0 Å². The Bertz CT molecular complexity index is 430. The first-order valence-corrected chi connectivity index (χ1v) is 6.32. The summed E-state index contributed by atoms with van der Waals surface area (Å²) in [6, 6.07) is 4.28. The standard InChI is InChI=1S/C14H22N2O2/c1-9(10-5-6-10)16(2)12-8-14(18-4)13(17-3)7-11(12)15/h7-10H,5-6,15H2,1-4H3. The highest BCUT2D eigenvalue weighted by molar-refractivity contribution is 5.73. The van der Waals surface area contributed by atoms with Gasteiger partial charge in [-0.25, -0.2) is 0 Å². The smallest absolute Gasteiger partial charge is 0.162 e. The van der Waals surface area contributed by atoms with Crippen LogP contribution in [0.1, 0.15) is 19.8 Å². The van der Waals surface area contributed by atoms with Crippen molar-refractivity contribution < 1.29 is 9.47 Å². The van der Waals surface area contributed by atoms with Crippen LogP contribution in [-0.4, -0.2) is 27.3 Å². The normalized spacial score (nSPS) is 16.2. The maximum atomic E-state index is 6.10. The molecule has 0 spiro atoms. The van der Waals surface area contributed by atoms with E-state index in [0.717, 1.165) is 23.0 Å². The first-order chi connectivity index (χ1) is 8.58. The SMILES string of the molecule is COc1cc(N)c(N(C)C(C)C2CC2)cc1OC. The Kier molecular flexibility index (Phi) is 3.55. The summed E-state index contributed by atoms with van der Waals surface area (Å²) in [6.07, 6.45) is 2.64. The lowest BCUT2D eigenvalue weighted by atomic mass is 10.1. The highest BCUT2D eigenvalue weighted by Crippen LogP contribution is 2.41. The van der Waals surface area contributed by atoms with Gasteiger partial charge in [0.05, 0.1) is 25.6 Å². The Morgan fingerprint density at radius 3 is 2.28 bits per heavy atom. The van der Waals surface area contributed by atoms with E-state index in [-0.39, 0.29) is 0 Å². The van der Waals surface area contributed by atoms with Crippen molar-refractivity contribution in [1.29, 1.82) is 0 Å². The largest absolute Gasteiger partial charge is 0.493 e. The fraction of sp³-hybridized carbons (Fsp3) is 0.571. The molecule has 1 fully saturated rings. The topological polar surface area (TPSA) is 47.7 Å². The van der Waals surface area contributed by atoms with E-state index in [1.807, 2.05) is 12.1 Å². The molecule has 100 valence electrons. The van der Waals surface area contributed by atoms with Gasteiger partial charge in [0.15, 0.2) is 11.5 Å². The summed E-state index contributed by atoms with van der Waals surface area (Å²) in [4.78, 5) is 2.23. The highest BCUT2D eigenvalue weighted by Gasteiger charge is 2.31. The van der Waals surface area contributed by atoms with Gasteiger partial charge in [-0.15, -0.1) is 0 Å². The Hall–Kier alpha value is -1.58. The molecule has 4 heteroatoms. The van der Waals surface area contributed by atoms with Gasteiger partial charge in [0, 0.05) is 25.2 Å². The molecule has 0 radical (unpaired) electrons. The summed E-state index contributed by atoms with van der Waals surface area (Å²) < 4.78 is 10.6. The van der Waals surface area contributed by atoms with Crippen molar-refractivity contribution in [3.05, 3.63) is 12.1 Å². The third-order valence-corrected chi connectivity index (χ3v) is 3.83. The zero-order chi connectivity index (χ0) is 13.3. The van der Waals surface area contributed by atoms with Crippen molar-refractivity contribution in [1.82, 2.24) is 0 Å². The molecule has 1 atom stereocenters. The molecule has 1 aromatic rings. The van der Waals surface area contributed by atoms with Gasteiger partial charge in [-0.05, 0) is 25.7 Å². The summed E-state index contributed by atoms with van der Waals surface area (Å²) in [5.41, 5.74) is 7.83. The van der Waals surface area contributed by atoms with Gasteiger partial charge in [0.1, 0.15) is 0 Å². The molecule has 0 saturated heterocycles. The van der Waals surface area contributed by atoms with Crippen molar-refractivity contribution in [2.24, 2.45) is 5.92 Å². The van der Waals surface area contributed by atoms with Crippen LogP contribution in [0.15, 0.2) is 12.1 Å². The van der Waals surface area contributed by atoms with Crippen LogP contribution in [0.25, 0.3) is 0 Å². The van der Waals surface area contributed by atoms with Crippen molar-refractivity contribution in [3.8, 4) is 11.5 Å². The van der Waals surface area contributed by atoms with E-state index < -0.39 is 0 Å². The van der Waals surface area contributed by atoms with E-state index in [4.69, 9.17) is 15.2 Å². The monoisotopic (exact) mass is 250 g/mol. The number of nitrogen functional groups attached to an aromatic ring is 1. The van der Waals surface area contributed by atoms with Crippen molar-refractivity contribution >= 4 is 11.4 Å². The molecule has 1 aliphatic carbocycles. The Morgan fingerprint density at radius 1 is 1.22 bits per heavy atom. The second kappa shape index (κ2) is 4.96. The minimum absolute atomic E-state index is 0.505. The van der Waals surface area contributed by atoms with Gasteiger partial charge in [0.25, 0.3) is 0 Å². The van der Waals surface area contributed by atoms with Gasteiger partial charge < -0.3 is 20.1 Å².